The Morgan fingerprint density at radius 2 is 1.70 bits per heavy atom. The molecule has 0 bridgehead atoms. The first-order valence-corrected chi connectivity index (χ1v) is 12.1. The van der Waals surface area contributed by atoms with Crippen LogP contribution in [0.25, 0.3) is 0 Å². The number of carbonyl (C=O) groups excluding carboxylic acids is 1. The highest BCUT2D eigenvalue weighted by molar-refractivity contribution is 7.89. The molecule has 2 atom stereocenters. The third-order valence-corrected chi connectivity index (χ3v) is 7.80. The van der Waals surface area contributed by atoms with Gasteiger partial charge >= 0.3 is 0 Å². The predicted molar refractivity (Wildman–Crippen MR) is 118 cm³/mol. The number of ketones is 1. The summed E-state index contributed by atoms with van der Waals surface area (Å²) in [6, 6.07) is 12.9. The van der Waals surface area contributed by atoms with Crippen LogP contribution >= 0.6 is 0 Å². The first-order chi connectivity index (χ1) is 14.4. The van der Waals surface area contributed by atoms with Gasteiger partial charge < -0.3 is 4.74 Å². The van der Waals surface area contributed by atoms with E-state index in [1.54, 1.807) is 55.6 Å². The van der Waals surface area contributed by atoms with Gasteiger partial charge in [-0.2, -0.15) is 4.31 Å². The molecule has 162 valence electrons. The van der Waals surface area contributed by atoms with Gasteiger partial charge in [0.05, 0.1) is 18.0 Å². The Hall–Kier alpha value is -2.18. The van der Waals surface area contributed by atoms with Crippen LogP contribution in [0.1, 0.15) is 61.4 Å². The van der Waals surface area contributed by atoms with Gasteiger partial charge in [-0.05, 0) is 56.2 Å². The molecule has 2 aromatic carbocycles. The van der Waals surface area contributed by atoms with Crippen LogP contribution in [-0.4, -0.2) is 37.7 Å². The maximum atomic E-state index is 13.4. The SMILES string of the molecule is CCCCCC[C@H]1C[C@@H](C(=O)c2ccc(OC)cc2)N1S(=O)(=O)c1ccc(C)cc1. The normalized spacial score (nSPS) is 19.3. The second-order valence-corrected chi connectivity index (χ2v) is 9.84. The average Bonchev–Trinajstić information content (AvgIpc) is 2.72. The molecule has 1 fully saturated rings. The molecule has 0 spiro atoms. The van der Waals surface area contributed by atoms with Crippen LogP contribution in [0.4, 0.5) is 0 Å². The van der Waals surface area contributed by atoms with Gasteiger partial charge in [-0.3, -0.25) is 4.79 Å². The molecule has 1 aliphatic rings. The lowest BCUT2D eigenvalue weighted by Crippen LogP contribution is -2.61. The van der Waals surface area contributed by atoms with Crippen molar-refractivity contribution in [1.82, 2.24) is 4.31 Å². The maximum Gasteiger partial charge on any atom is 0.243 e. The molecule has 1 heterocycles. The zero-order chi connectivity index (χ0) is 21.7. The molecule has 1 aliphatic heterocycles. The fourth-order valence-electron chi connectivity index (χ4n) is 4.00. The number of aryl methyl sites for hydroxylation is 1. The predicted octanol–water partition coefficient (Wildman–Crippen LogP) is 4.99. The first kappa shape index (κ1) is 22.5. The number of Topliss-reactive ketones (excluding diaryl/α,β-unsaturated/α-hetero) is 1. The van der Waals surface area contributed by atoms with E-state index >= 15 is 0 Å². The van der Waals surface area contributed by atoms with Crippen LogP contribution in [0.15, 0.2) is 53.4 Å². The van der Waals surface area contributed by atoms with E-state index in [1.807, 2.05) is 6.92 Å². The smallest absolute Gasteiger partial charge is 0.243 e. The van der Waals surface area contributed by atoms with Crippen LogP contribution in [0.3, 0.4) is 0 Å². The summed E-state index contributed by atoms with van der Waals surface area (Å²) in [6.07, 6.45) is 5.70. The van der Waals surface area contributed by atoms with Crippen LogP contribution in [-0.2, 0) is 10.0 Å². The van der Waals surface area contributed by atoms with E-state index in [2.05, 4.69) is 6.92 Å². The zero-order valence-electron chi connectivity index (χ0n) is 18.0. The summed E-state index contributed by atoms with van der Waals surface area (Å²) in [7, 11) is -2.17. The Kier molecular flexibility index (Phi) is 7.32. The number of sulfonamides is 1. The Morgan fingerprint density at radius 1 is 1.03 bits per heavy atom. The molecule has 3 rings (SSSR count). The number of rotatable bonds is 10. The number of hydrogen-bond donors (Lipinski definition) is 0. The fraction of sp³-hybridized carbons (Fsp3) is 0.458. The third-order valence-electron chi connectivity index (χ3n) is 5.83. The summed E-state index contributed by atoms with van der Waals surface area (Å²) in [6.45, 7) is 4.08. The standard InChI is InChI=1S/C24H31NO4S/c1-4-5-6-7-8-20-17-23(24(26)19-11-13-21(29-3)14-12-19)25(20)30(27,28)22-15-9-18(2)10-16-22/h9-16,20,23H,4-8,17H2,1-3H3/t20-,23-/m0/s1. The lowest BCUT2D eigenvalue weighted by Gasteiger charge is -2.46. The van der Waals surface area contributed by atoms with Gasteiger partial charge in [0.2, 0.25) is 10.0 Å². The highest BCUT2D eigenvalue weighted by atomic mass is 32.2. The molecule has 0 unspecified atom stereocenters. The second-order valence-electron chi connectivity index (χ2n) is 8.00. The quantitative estimate of drug-likeness (QED) is 0.394. The van der Waals surface area contributed by atoms with Crippen LogP contribution in [0, 0.1) is 6.92 Å². The molecule has 30 heavy (non-hydrogen) atoms. The van der Waals surface area contributed by atoms with Crippen molar-refractivity contribution in [2.24, 2.45) is 0 Å². The molecule has 1 saturated heterocycles. The van der Waals surface area contributed by atoms with E-state index in [-0.39, 0.29) is 16.7 Å². The second kappa shape index (κ2) is 9.75. The number of benzene rings is 2. The monoisotopic (exact) mass is 429 g/mol. The Labute approximate surface area is 180 Å². The molecular weight excluding hydrogens is 398 g/mol. The molecule has 0 saturated carbocycles. The van der Waals surface area contributed by atoms with Gasteiger partial charge in [-0.15, -0.1) is 0 Å². The summed E-state index contributed by atoms with van der Waals surface area (Å²) in [5.74, 6) is 0.510. The molecule has 0 aromatic heterocycles. The number of hydrogen-bond acceptors (Lipinski definition) is 4. The number of nitrogens with zero attached hydrogens (tertiary/aromatic N) is 1. The Balaban J connectivity index is 1.84. The van der Waals surface area contributed by atoms with Crippen molar-refractivity contribution < 1.29 is 17.9 Å². The third kappa shape index (κ3) is 4.76. The fourth-order valence-corrected chi connectivity index (χ4v) is 5.82. The molecule has 5 nitrogen and oxygen atoms in total. The highest BCUT2D eigenvalue weighted by Gasteiger charge is 2.49. The number of ether oxygens (including phenoxy) is 1. The molecule has 2 aromatic rings. The van der Waals surface area contributed by atoms with Gasteiger partial charge in [0.1, 0.15) is 5.75 Å². The van der Waals surface area contributed by atoms with Crippen LogP contribution in [0.5, 0.6) is 5.75 Å². The Bertz CT molecular complexity index is 952. The topological polar surface area (TPSA) is 63.7 Å². The number of carbonyl (C=O) groups is 1. The van der Waals surface area contributed by atoms with Gasteiger partial charge in [-0.25, -0.2) is 8.42 Å². The summed E-state index contributed by atoms with van der Waals surface area (Å²) in [4.78, 5) is 13.4. The van der Waals surface area contributed by atoms with E-state index < -0.39 is 16.1 Å². The van der Waals surface area contributed by atoms with Crippen molar-refractivity contribution in [2.75, 3.05) is 7.11 Å². The van der Waals surface area contributed by atoms with Crippen molar-refractivity contribution in [3.8, 4) is 5.75 Å². The lowest BCUT2D eigenvalue weighted by molar-refractivity contribution is 0.0614. The van der Waals surface area contributed by atoms with Crippen LogP contribution < -0.4 is 4.74 Å². The van der Waals surface area contributed by atoms with Crippen molar-refractivity contribution in [1.29, 1.82) is 0 Å². The van der Waals surface area contributed by atoms with E-state index in [0.29, 0.717) is 17.7 Å². The van der Waals surface area contributed by atoms with Crippen molar-refractivity contribution in [3.05, 3.63) is 59.7 Å². The largest absolute Gasteiger partial charge is 0.497 e. The summed E-state index contributed by atoms with van der Waals surface area (Å²) in [5, 5.41) is 0. The lowest BCUT2D eigenvalue weighted by atomic mass is 9.87. The van der Waals surface area contributed by atoms with Crippen LogP contribution in [0.2, 0.25) is 0 Å². The zero-order valence-corrected chi connectivity index (χ0v) is 18.8. The minimum Gasteiger partial charge on any atom is -0.497 e. The van der Waals surface area contributed by atoms with E-state index in [9.17, 15) is 13.2 Å². The average molecular weight is 430 g/mol. The van der Waals surface area contributed by atoms with Crippen molar-refractivity contribution in [2.45, 2.75) is 69.4 Å². The Morgan fingerprint density at radius 3 is 2.30 bits per heavy atom. The molecule has 0 N–H and O–H groups in total. The molecular formula is C24H31NO4S. The minimum absolute atomic E-state index is 0.125. The minimum atomic E-state index is -3.74. The van der Waals surface area contributed by atoms with Gasteiger partial charge in [0.15, 0.2) is 5.78 Å². The molecule has 6 heteroatoms. The van der Waals surface area contributed by atoms with E-state index in [0.717, 1.165) is 37.7 Å². The van der Waals surface area contributed by atoms with Crippen molar-refractivity contribution >= 4 is 15.8 Å². The number of unbranched alkanes of at least 4 members (excludes halogenated alkanes) is 3. The van der Waals surface area contributed by atoms with Gasteiger partial charge in [-0.1, -0.05) is 50.3 Å². The summed E-state index contributed by atoms with van der Waals surface area (Å²) < 4.78 is 33.5. The van der Waals surface area contributed by atoms with E-state index in [1.165, 1.54) is 4.31 Å². The van der Waals surface area contributed by atoms with E-state index in [4.69, 9.17) is 4.74 Å². The molecule has 0 amide bonds. The maximum absolute atomic E-state index is 13.4. The molecule has 0 aliphatic carbocycles. The van der Waals surface area contributed by atoms with Gasteiger partial charge in [0.25, 0.3) is 0 Å². The first-order valence-electron chi connectivity index (χ1n) is 10.7. The summed E-state index contributed by atoms with van der Waals surface area (Å²) in [5.41, 5.74) is 1.51. The van der Waals surface area contributed by atoms with Crippen molar-refractivity contribution in [3.63, 3.8) is 0 Å². The van der Waals surface area contributed by atoms with Gasteiger partial charge in [0, 0.05) is 11.6 Å². The molecule has 0 radical (unpaired) electrons. The summed E-state index contributed by atoms with van der Waals surface area (Å²) >= 11 is 0. The number of methoxy groups -OCH3 is 1. The highest BCUT2D eigenvalue weighted by Crippen LogP contribution is 2.37.